The first-order chi connectivity index (χ1) is 14.1. The summed E-state index contributed by atoms with van der Waals surface area (Å²) in [7, 11) is 0. The molecule has 0 saturated carbocycles. The highest BCUT2D eigenvalue weighted by Crippen LogP contribution is 2.13. The standard InChI is InChI=1S/C22H37N3O4S/c1-16(2)7-5-8-17(3)9-6-10-18(4)13-14-30-15-19(22(28)29)24-20(26)11-12-21(27)25-23/h7,9,13,19H,5-6,8,10-12,14-15,23H2,1-4H3,(H,24,26)(H,25,27)(H,28,29)/b17-9+,18-13+/t19-/m0/s1. The van der Waals surface area contributed by atoms with E-state index in [1.807, 2.05) is 5.43 Å². The van der Waals surface area contributed by atoms with Crippen LogP contribution in [0.5, 0.6) is 0 Å². The lowest BCUT2D eigenvalue weighted by molar-refractivity contribution is -0.141. The van der Waals surface area contributed by atoms with Gasteiger partial charge >= 0.3 is 5.97 Å². The fraction of sp³-hybridized carbons (Fsp3) is 0.591. The van der Waals surface area contributed by atoms with Crippen LogP contribution in [0.3, 0.4) is 0 Å². The van der Waals surface area contributed by atoms with Gasteiger partial charge in [0.2, 0.25) is 11.8 Å². The third-order valence-corrected chi connectivity index (χ3v) is 5.30. The van der Waals surface area contributed by atoms with Gasteiger partial charge in [0.15, 0.2) is 0 Å². The molecule has 170 valence electrons. The van der Waals surface area contributed by atoms with Crippen molar-refractivity contribution >= 4 is 29.5 Å². The van der Waals surface area contributed by atoms with Gasteiger partial charge in [-0.05, 0) is 53.4 Å². The highest BCUT2D eigenvalue weighted by atomic mass is 32.2. The molecule has 2 amide bonds. The van der Waals surface area contributed by atoms with Gasteiger partial charge in [-0.25, -0.2) is 10.6 Å². The predicted molar refractivity (Wildman–Crippen MR) is 124 cm³/mol. The molecule has 30 heavy (non-hydrogen) atoms. The molecule has 0 aliphatic heterocycles. The van der Waals surface area contributed by atoms with E-state index in [1.54, 1.807) is 0 Å². The zero-order chi connectivity index (χ0) is 22.9. The molecule has 0 aromatic rings. The molecular formula is C22H37N3O4S. The van der Waals surface area contributed by atoms with Crippen LogP contribution in [0.1, 0.15) is 66.2 Å². The number of carboxylic acids is 1. The summed E-state index contributed by atoms with van der Waals surface area (Å²) in [5, 5.41) is 11.7. The molecule has 0 aliphatic carbocycles. The van der Waals surface area contributed by atoms with E-state index in [0.717, 1.165) is 25.7 Å². The number of thioether (sulfide) groups is 1. The number of carboxylic acid groups (broad SMARTS) is 1. The average Bonchev–Trinajstić information content (AvgIpc) is 2.67. The lowest BCUT2D eigenvalue weighted by Gasteiger charge is -2.13. The normalized spacial score (nSPS) is 12.8. The molecule has 0 bridgehead atoms. The second-order valence-electron chi connectivity index (χ2n) is 7.52. The molecule has 8 heteroatoms. The van der Waals surface area contributed by atoms with Gasteiger partial charge in [-0.3, -0.25) is 15.0 Å². The van der Waals surface area contributed by atoms with Crippen molar-refractivity contribution < 1.29 is 19.5 Å². The second kappa shape index (κ2) is 16.7. The van der Waals surface area contributed by atoms with Crippen molar-refractivity contribution in [3.63, 3.8) is 0 Å². The quantitative estimate of drug-likeness (QED) is 0.102. The molecule has 0 fully saturated rings. The minimum Gasteiger partial charge on any atom is -0.480 e. The van der Waals surface area contributed by atoms with Crippen molar-refractivity contribution in [3.05, 3.63) is 34.9 Å². The lowest BCUT2D eigenvalue weighted by atomic mass is 10.1. The molecule has 0 aromatic carbocycles. The lowest BCUT2D eigenvalue weighted by Crippen LogP contribution is -2.43. The second-order valence-corrected chi connectivity index (χ2v) is 8.60. The Balaban J connectivity index is 4.22. The van der Waals surface area contributed by atoms with Crippen molar-refractivity contribution in [2.75, 3.05) is 11.5 Å². The summed E-state index contributed by atoms with van der Waals surface area (Å²) in [6, 6.07) is -0.983. The van der Waals surface area contributed by atoms with Gasteiger partial charge in [0.05, 0.1) is 0 Å². The van der Waals surface area contributed by atoms with Crippen LogP contribution >= 0.6 is 11.8 Å². The van der Waals surface area contributed by atoms with E-state index >= 15 is 0 Å². The Bertz CT molecular complexity index is 653. The van der Waals surface area contributed by atoms with Gasteiger partial charge in [0.1, 0.15) is 6.04 Å². The molecule has 0 radical (unpaired) electrons. The van der Waals surface area contributed by atoms with Crippen LogP contribution in [-0.2, 0) is 14.4 Å². The van der Waals surface area contributed by atoms with Crippen molar-refractivity contribution in [1.29, 1.82) is 0 Å². The van der Waals surface area contributed by atoms with Crippen molar-refractivity contribution in [2.45, 2.75) is 72.3 Å². The number of aliphatic carboxylic acids is 1. The van der Waals surface area contributed by atoms with Gasteiger partial charge in [0, 0.05) is 24.3 Å². The molecule has 1 atom stereocenters. The van der Waals surface area contributed by atoms with Gasteiger partial charge < -0.3 is 10.4 Å². The Morgan fingerprint density at radius 1 is 0.900 bits per heavy atom. The first-order valence-electron chi connectivity index (χ1n) is 10.2. The van der Waals surface area contributed by atoms with Crippen LogP contribution in [0.2, 0.25) is 0 Å². The number of hydrogen-bond acceptors (Lipinski definition) is 5. The molecule has 0 unspecified atom stereocenters. The van der Waals surface area contributed by atoms with E-state index in [1.165, 1.54) is 28.5 Å². The predicted octanol–water partition coefficient (Wildman–Crippen LogP) is 3.48. The first kappa shape index (κ1) is 27.9. The highest BCUT2D eigenvalue weighted by molar-refractivity contribution is 7.99. The average molecular weight is 440 g/mol. The number of nitrogens with one attached hydrogen (secondary N) is 2. The van der Waals surface area contributed by atoms with E-state index in [2.05, 4.69) is 51.2 Å². The summed E-state index contributed by atoms with van der Waals surface area (Å²) in [5.74, 6) is 3.86. The van der Waals surface area contributed by atoms with Gasteiger partial charge in [-0.2, -0.15) is 11.8 Å². The van der Waals surface area contributed by atoms with Gasteiger partial charge in [-0.1, -0.05) is 34.9 Å². The molecule has 0 rings (SSSR count). The number of hydrogen-bond donors (Lipinski definition) is 4. The Hall–Kier alpha value is -2.06. The molecule has 0 saturated heterocycles. The van der Waals surface area contributed by atoms with Crippen molar-refractivity contribution in [1.82, 2.24) is 10.7 Å². The van der Waals surface area contributed by atoms with Crippen LogP contribution in [0.4, 0.5) is 0 Å². The minimum absolute atomic E-state index is 0.0768. The summed E-state index contributed by atoms with van der Waals surface area (Å²) in [5.41, 5.74) is 5.95. The summed E-state index contributed by atoms with van der Waals surface area (Å²) in [4.78, 5) is 34.1. The van der Waals surface area contributed by atoms with Crippen LogP contribution in [-0.4, -0.2) is 40.4 Å². The molecule has 0 heterocycles. The maximum absolute atomic E-state index is 11.8. The zero-order valence-electron chi connectivity index (χ0n) is 18.6. The summed E-state index contributed by atoms with van der Waals surface area (Å²) in [6.07, 6.45) is 10.6. The maximum atomic E-state index is 11.8. The number of carbonyl (C=O) groups excluding carboxylic acids is 2. The minimum atomic E-state index is -1.09. The first-order valence-corrected chi connectivity index (χ1v) is 11.3. The number of allylic oxidation sites excluding steroid dienone is 5. The zero-order valence-corrected chi connectivity index (χ0v) is 19.4. The third kappa shape index (κ3) is 15.8. The fourth-order valence-electron chi connectivity index (χ4n) is 2.47. The number of nitrogens with two attached hydrogens (primary N) is 1. The van der Waals surface area contributed by atoms with E-state index in [9.17, 15) is 19.5 Å². The molecule has 0 aromatic heterocycles. The Labute approximate surface area is 184 Å². The molecular weight excluding hydrogens is 402 g/mol. The van der Waals surface area contributed by atoms with E-state index in [-0.39, 0.29) is 18.6 Å². The summed E-state index contributed by atoms with van der Waals surface area (Å²) < 4.78 is 0. The van der Waals surface area contributed by atoms with Crippen molar-refractivity contribution in [3.8, 4) is 0 Å². The van der Waals surface area contributed by atoms with Crippen molar-refractivity contribution in [2.24, 2.45) is 5.84 Å². The number of hydrazine groups is 1. The van der Waals surface area contributed by atoms with Gasteiger partial charge in [0.25, 0.3) is 0 Å². The van der Waals surface area contributed by atoms with Crippen LogP contribution in [0.15, 0.2) is 34.9 Å². The largest absolute Gasteiger partial charge is 0.480 e. The van der Waals surface area contributed by atoms with Crippen LogP contribution in [0.25, 0.3) is 0 Å². The van der Waals surface area contributed by atoms with Crippen LogP contribution < -0.4 is 16.6 Å². The molecule has 0 spiro atoms. The van der Waals surface area contributed by atoms with E-state index < -0.39 is 23.8 Å². The maximum Gasteiger partial charge on any atom is 0.327 e. The summed E-state index contributed by atoms with van der Waals surface area (Å²) in [6.45, 7) is 8.46. The van der Waals surface area contributed by atoms with Gasteiger partial charge in [-0.15, -0.1) is 0 Å². The Kier molecular flexibility index (Phi) is 15.6. The number of rotatable bonds is 15. The monoisotopic (exact) mass is 439 g/mol. The molecule has 7 nitrogen and oxygen atoms in total. The Morgan fingerprint density at radius 3 is 2.03 bits per heavy atom. The molecule has 0 aliphatic rings. The SMILES string of the molecule is CC(C)=CCC/C(C)=C/CC/C(C)=C/CSC[C@H](NC(=O)CCC(=O)NN)C(=O)O. The smallest absolute Gasteiger partial charge is 0.327 e. The Morgan fingerprint density at radius 2 is 1.47 bits per heavy atom. The molecule has 5 N–H and O–H groups in total. The highest BCUT2D eigenvalue weighted by Gasteiger charge is 2.19. The fourth-order valence-corrected chi connectivity index (χ4v) is 3.47. The van der Waals surface area contributed by atoms with E-state index in [0.29, 0.717) is 5.75 Å². The van der Waals surface area contributed by atoms with Crippen LogP contribution in [0, 0.1) is 0 Å². The topological polar surface area (TPSA) is 122 Å². The number of carbonyl (C=O) groups is 3. The third-order valence-electron chi connectivity index (χ3n) is 4.33. The number of amides is 2. The summed E-state index contributed by atoms with van der Waals surface area (Å²) >= 11 is 1.45. The van der Waals surface area contributed by atoms with E-state index in [4.69, 9.17) is 5.84 Å².